The summed E-state index contributed by atoms with van der Waals surface area (Å²) in [6, 6.07) is 3.87. The van der Waals surface area contributed by atoms with E-state index >= 15 is 0 Å². The number of carbonyl (C=O) groups excluding carboxylic acids is 1. The summed E-state index contributed by atoms with van der Waals surface area (Å²) in [5.41, 5.74) is 2.54. The van der Waals surface area contributed by atoms with Gasteiger partial charge in [-0.2, -0.15) is 0 Å². The van der Waals surface area contributed by atoms with Gasteiger partial charge in [0.1, 0.15) is 11.3 Å². The summed E-state index contributed by atoms with van der Waals surface area (Å²) in [6.45, 7) is 10.0. The second-order valence-corrected chi connectivity index (χ2v) is 5.22. The van der Waals surface area contributed by atoms with Crippen LogP contribution in [-0.4, -0.2) is 18.7 Å². The van der Waals surface area contributed by atoms with Crippen molar-refractivity contribution >= 4 is 16.9 Å². The highest BCUT2D eigenvalue weighted by atomic mass is 16.5. The molecular formula is C17H22O4. The van der Waals surface area contributed by atoms with Gasteiger partial charge in [-0.15, -0.1) is 0 Å². The Balaban J connectivity index is 2.65. The van der Waals surface area contributed by atoms with Gasteiger partial charge in [0.05, 0.1) is 18.1 Å². The Bertz CT molecular complexity index is 652. The number of esters is 1. The molecule has 0 unspecified atom stereocenters. The van der Waals surface area contributed by atoms with Crippen molar-refractivity contribution in [1.82, 2.24) is 0 Å². The van der Waals surface area contributed by atoms with Crippen LogP contribution in [0.2, 0.25) is 0 Å². The lowest BCUT2D eigenvalue weighted by Gasteiger charge is -2.14. The van der Waals surface area contributed by atoms with E-state index in [0.29, 0.717) is 12.2 Å². The molecule has 1 heterocycles. The molecule has 0 bridgehead atoms. The third-order valence-corrected chi connectivity index (χ3v) is 3.32. The van der Waals surface area contributed by atoms with Crippen LogP contribution in [0.25, 0.3) is 11.0 Å². The predicted octanol–water partition coefficient (Wildman–Crippen LogP) is 4.27. The average Bonchev–Trinajstić information content (AvgIpc) is 2.76. The molecule has 1 aromatic heterocycles. The van der Waals surface area contributed by atoms with Crippen LogP contribution < -0.4 is 4.74 Å². The highest BCUT2D eigenvalue weighted by Crippen LogP contribution is 2.37. The highest BCUT2D eigenvalue weighted by molar-refractivity contribution is 5.98. The van der Waals surface area contributed by atoms with Crippen LogP contribution in [0.4, 0.5) is 0 Å². The van der Waals surface area contributed by atoms with Gasteiger partial charge in [-0.25, -0.2) is 4.79 Å². The Kier molecular flexibility index (Phi) is 4.56. The molecule has 2 aromatic rings. The molecule has 4 nitrogen and oxygen atoms in total. The Morgan fingerprint density at radius 2 is 2.00 bits per heavy atom. The minimum absolute atomic E-state index is 0.0567. The van der Waals surface area contributed by atoms with Crippen molar-refractivity contribution in [1.29, 1.82) is 0 Å². The van der Waals surface area contributed by atoms with Gasteiger partial charge >= 0.3 is 5.97 Å². The van der Waals surface area contributed by atoms with E-state index < -0.39 is 5.97 Å². The molecule has 0 aliphatic rings. The fraction of sp³-hybridized carbons (Fsp3) is 0.471. The van der Waals surface area contributed by atoms with Crippen molar-refractivity contribution in [2.24, 2.45) is 0 Å². The van der Waals surface area contributed by atoms with Crippen molar-refractivity contribution in [3.63, 3.8) is 0 Å². The van der Waals surface area contributed by atoms with Gasteiger partial charge in [-0.05, 0) is 45.7 Å². The number of hydrogen-bond donors (Lipinski definition) is 0. The first-order valence-corrected chi connectivity index (χ1v) is 7.38. The third-order valence-electron chi connectivity index (χ3n) is 3.32. The zero-order valence-electron chi connectivity index (χ0n) is 13.3. The normalized spacial score (nSPS) is 11.1. The monoisotopic (exact) mass is 290 g/mol. The molecule has 0 amide bonds. The van der Waals surface area contributed by atoms with E-state index in [-0.39, 0.29) is 11.9 Å². The minimum atomic E-state index is -0.431. The number of furan rings is 1. The third kappa shape index (κ3) is 2.89. The first-order chi connectivity index (χ1) is 9.99. The maximum Gasteiger partial charge on any atom is 0.374 e. The second-order valence-electron chi connectivity index (χ2n) is 5.22. The van der Waals surface area contributed by atoms with Gasteiger partial charge in [-0.3, -0.25) is 0 Å². The number of fused-ring (bicyclic) bond motifs is 1. The lowest BCUT2D eigenvalue weighted by atomic mass is 10.0. The highest BCUT2D eigenvalue weighted by Gasteiger charge is 2.23. The molecular weight excluding hydrogens is 268 g/mol. The smallest absolute Gasteiger partial charge is 0.374 e. The molecule has 0 aliphatic heterocycles. The molecule has 2 rings (SSSR count). The van der Waals surface area contributed by atoms with Crippen molar-refractivity contribution in [3.8, 4) is 5.75 Å². The van der Waals surface area contributed by atoms with E-state index in [1.807, 2.05) is 32.9 Å². The Morgan fingerprint density at radius 3 is 2.57 bits per heavy atom. The molecule has 21 heavy (non-hydrogen) atoms. The molecule has 0 aliphatic carbocycles. The summed E-state index contributed by atoms with van der Waals surface area (Å²) in [6.07, 6.45) is 0.915. The molecule has 0 atom stereocenters. The Morgan fingerprint density at radius 1 is 1.29 bits per heavy atom. The van der Waals surface area contributed by atoms with Gasteiger partial charge in [0.2, 0.25) is 5.76 Å². The lowest BCUT2D eigenvalue weighted by Crippen LogP contribution is -2.08. The standard InChI is InChI=1S/C17H22O4/c1-6-12-8-9-13-14(16(12)20-10(3)4)11(5)15(21-13)17(18)19-7-2/h8-10H,6-7H2,1-5H3. The van der Waals surface area contributed by atoms with Gasteiger partial charge in [0.15, 0.2) is 0 Å². The maximum absolute atomic E-state index is 12.0. The number of aryl methyl sites for hydroxylation is 2. The largest absolute Gasteiger partial charge is 0.490 e. The summed E-state index contributed by atoms with van der Waals surface area (Å²) in [4.78, 5) is 12.0. The summed E-state index contributed by atoms with van der Waals surface area (Å²) in [5.74, 6) is 0.634. The fourth-order valence-electron chi connectivity index (χ4n) is 2.39. The van der Waals surface area contributed by atoms with Crippen LogP contribution in [0.1, 0.15) is 49.4 Å². The van der Waals surface area contributed by atoms with Crippen molar-refractivity contribution in [2.45, 2.75) is 47.1 Å². The van der Waals surface area contributed by atoms with Gasteiger partial charge < -0.3 is 13.9 Å². The molecule has 0 fully saturated rings. The molecule has 0 saturated heterocycles. The zero-order chi connectivity index (χ0) is 15.6. The minimum Gasteiger partial charge on any atom is -0.490 e. The van der Waals surface area contributed by atoms with Gasteiger partial charge in [0.25, 0.3) is 0 Å². The van der Waals surface area contributed by atoms with Crippen molar-refractivity contribution < 1.29 is 18.7 Å². The second kappa shape index (κ2) is 6.20. The number of hydrogen-bond acceptors (Lipinski definition) is 4. The van der Waals surface area contributed by atoms with Gasteiger partial charge in [-0.1, -0.05) is 13.0 Å². The molecule has 1 aromatic carbocycles. The maximum atomic E-state index is 12.0. The van der Waals surface area contributed by atoms with Crippen LogP contribution in [0.15, 0.2) is 16.5 Å². The molecule has 0 saturated carbocycles. The molecule has 0 N–H and O–H groups in total. The van der Waals surface area contributed by atoms with Crippen LogP contribution in [-0.2, 0) is 11.2 Å². The number of rotatable bonds is 5. The van der Waals surface area contributed by atoms with E-state index in [9.17, 15) is 4.79 Å². The van der Waals surface area contributed by atoms with E-state index in [1.54, 1.807) is 6.92 Å². The van der Waals surface area contributed by atoms with Crippen LogP contribution >= 0.6 is 0 Å². The summed E-state index contributed by atoms with van der Waals surface area (Å²) in [5, 5.41) is 0.867. The van der Waals surface area contributed by atoms with Crippen molar-refractivity contribution in [3.05, 3.63) is 29.0 Å². The zero-order valence-corrected chi connectivity index (χ0v) is 13.3. The molecule has 0 radical (unpaired) electrons. The average molecular weight is 290 g/mol. The first-order valence-electron chi connectivity index (χ1n) is 7.38. The summed E-state index contributed by atoms with van der Waals surface area (Å²) >= 11 is 0. The molecule has 114 valence electrons. The van der Waals surface area contributed by atoms with E-state index in [4.69, 9.17) is 13.9 Å². The summed E-state index contributed by atoms with van der Waals surface area (Å²) < 4.78 is 16.7. The van der Waals surface area contributed by atoms with E-state index in [2.05, 4.69) is 6.92 Å². The van der Waals surface area contributed by atoms with Gasteiger partial charge in [0, 0.05) is 5.56 Å². The van der Waals surface area contributed by atoms with Crippen LogP contribution in [0.3, 0.4) is 0 Å². The lowest BCUT2D eigenvalue weighted by molar-refractivity contribution is 0.0491. The molecule has 4 heteroatoms. The molecule has 0 spiro atoms. The van der Waals surface area contributed by atoms with E-state index in [1.165, 1.54) is 0 Å². The number of ether oxygens (including phenoxy) is 2. The van der Waals surface area contributed by atoms with Crippen LogP contribution in [0.5, 0.6) is 5.75 Å². The summed E-state index contributed by atoms with van der Waals surface area (Å²) in [7, 11) is 0. The number of carbonyl (C=O) groups is 1. The predicted molar refractivity (Wildman–Crippen MR) is 82.0 cm³/mol. The quantitative estimate of drug-likeness (QED) is 0.772. The Hall–Kier alpha value is -1.97. The number of benzene rings is 1. The van der Waals surface area contributed by atoms with E-state index in [0.717, 1.165) is 28.7 Å². The van der Waals surface area contributed by atoms with Crippen molar-refractivity contribution in [2.75, 3.05) is 6.61 Å². The van der Waals surface area contributed by atoms with Crippen LogP contribution in [0, 0.1) is 6.92 Å². The Labute approximate surface area is 125 Å². The first kappa shape index (κ1) is 15.4. The fourth-order valence-corrected chi connectivity index (χ4v) is 2.39. The topological polar surface area (TPSA) is 48.7 Å². The SMILES string of the molecule is CCOC(=O)c1oc2ccc(CC)c(OC(C)C)c2c1C.